The fraction of sp³-hybridized carbons (Fsp3) is 0.545. The third kappa shape index (κ3) is 3.47. The molecule has 1 aromatic rings. The van der Waals surface area contributed by atoms with Crippen molar-refractivity contribution in [2.24, 2.45) is 0 Å². The summed E-state index contributed by atoms with van der Waals surface area (Å²) >= 11 is 3.33. The van der Waals surface area contributed by atoms with Gasteiger partial charge in [-0.15, -0.1) is 0 Å². The molecule has 0 saturated carbocycles. The van der Waals surface area contributed by atoms with Gasteiger partial charge in [0.25, 0.3) is 0 Å². The highest BCUT2D eigenvalue weighted by Gasteiger charge is 2.08. The van der Waals surface area contributed by atoms with Crippen molar-refractivity contribution in [2.75, 3.05) is 18.5 Å². The van der Waals surface area contributed by atoms with E-state index < -0.39 is 0 Å². The standard InChI is InChI=1S/C11H16BrN3/c12-11-6-5-10(9-13-11)14-15-7-3-1-2-4-8-15/h5-6,9,14H,1-4,7-8H2. The Morgan fingerprint density at radius 3 is 2.47 bits per heavy atom. The lowest BCUT2D eigenvalue weighted by Crippen LogP contribution is -2.30. The molecule has 2 rings (SSSR count). The van der Waals surface area contributed by atoms with E-state index in [0.717, 1.165) is 23.4 Å². The van der Waals surface area contributed by atoms with Crippen LogP contribution in [0.2, 0.25) is 0 Å². The quantitative estimate of drug-likeness (QED) is 0.837. The first-order valence-corrected chi connectivity index (χ1v) is 6.27. The van der Waals surface area contributed by atoms with E-state index in [1.165, 1.54) is 25.7 Å². The van der Waals surface area contributed by atoms with Gasteiger partial charge in [-0.05, 0) is 40.9 Å². The molecule has 1 aliphatic rings. The maximum absolute atomic E-state index is 4.20. The van der Waals surface area contributed by atoms with Crippen LogP contribution in [0.5, 0.6) is 0 Å². The van der Waals surface area contributed by atoms with Crippen molar-refractivity contribution in [1.82, 2.24) is 9.99 Å². The average Bonchev–Trinajstić information content (AvgIpc) is 2.50. The summed E-state index contributed by atoms with van der Waals surface area (Å²) in [7, 11) is 0. The number of hydrazine groups is 1. The van der Waals surface area contributed by atoms with Crippen LogP contribution in [0.15, 0.2) is 22.9 Å². The number of nitrogens with zero attached hydrogens (tertiary/aromatic N) is 2. The lowest BCUT2D eigenvalue weighted by Gasteiger charge is -2.21. The molecule has 2 heterocycles. The zero-order chi connectivity index (χ0) is 10.5. The van der Waals surface area contributed by atoms with Crippen molar-refractivity contribution >= 4 is 21.6 Å². The molecule has 0 spiro atoms. The number of nitrogens with one attached hydrogen (secondary N) is 1. The molecule has 0 radical (unpaired) electrons. The molecule has 1 N–H and O–H groups in total. The molecule has 0 atom stereocenters. The molecule has 0 bridgehead atoms. The van der Waals surface area contributed by atoms with Gasteiger partial charge in [0.1, 0.15) is 4.60 Å². The lowest BCUT2D eigenvalue weighted by molar-refractivity contribution is 0.343. The van der Waals surface area contributed by atoms with E-state index >= 15 is 0 Å². The van der Waals surface area contributed by atoms with E-state index in [0.29, 0.717) is 0 Å². The Balaban J connectivity index is 1.92. The van der Waals surface area contributed by atoms with E-state index in [4.69, 9.17) is 0 Å². The normalized spacial score (nSPS) is 18.5. The number of pyridine rings is 1. The zero-order valence-corrected chi connectivity index (χ0v) is 10.3. The Morgan fingerprint density at radius 1 is 1.13 bits per heavy atom. The predicted octanol–water partition coefficient (Wildman–Crippen LogP) is 3.05. The number of hydrogen-bond donors (Lipinski definition) is 1. The number of hydrogen-bond acceptors (Lipinski definition) is 3. The van der Waals surface area contributed by atoms with E-state index in [1.807, 2.05) is 18.3 Å². The Kier molecular flexibility index (Phi) is 3.97. The first-order chi connectivity index (χ1) is 7.34. The summed E-state index contributed by atoms with van der Waals surface area (Å²) in [5.41, 5.74) is 4.47. The van der Waals surface area contributed by atoms with Gasteiger partial charge in [0, 0.05) is 13.1 Å². The first-order valence-electron chi connectivity index (χ1n) is 5.48. The summed E-state index contributed by atoms with van der Waals surface area (Å²) in [4.78, 5) is 4.20. The summed E-state index contributed by atoms with van der Waals surface area (Å²) in [5.74, 6) is 0. The smallest absolute Gasteiger partial charge is 0.106 e. The number of aromatic nitrogens is 1. The van der Waals surface area contributed by atoms with Crippen molar-refractivity contribution in [1.29, 1.82) is 0 Å². The second kappa shape index (κ2) is 5.47. The molecule has 0 amide bonds. The predicted molar refractivity (Wildman–Crippen MR) is 65.6 cm³/mol. The molecule has 1 aromatic heterocycles. The van der Waals surface area contributed by atoms with Gasteiger partial charge in [0.15, 0.2) is 0 Å². The van der Waals surface area contributed by atoms with Gasteiger partial charge in [-0.25, -0.2) is 9.99 Å². The monoisotopic (exact) mass is 269 g/mol. The van der Waals surface area contributed by atoms with Crippen molar-refractivity contribution in [3.05, 3.63) is 22.9 Å². The number of halogens is 1. The minimum Gasteiger partial charge on any atom is -0.317 e. The maximum Gasteiger partial charge on any atom is 0.106 e. The molecule has 4 heteroatoms. The fourth-order valence-electron chi connectivity index (χ4n) is 1.81. The summed E-state index contributed by atoms with van der Waals surface area (Å²) in [6, 6.07) is 4.00. The molecular formula is C11H16BrN3. The van der Waals surface area contributed by atoms with Crippen molar-refractivity contribution in [3.63, 3.8) is 0 Å². The van der Waals surface area contributed by atoms with Gasteiger partial charge < -0.3 is 5.43 Å². The Bertz CT molecular complexity index is 291. The van der Waals surface area contributed by atoms with Gasteiger partial charge in [-0.2, -0.15) is 0 Å². The highest BCUT2D eigenvalue weighted by atomic mass is 79.9. The lowest BCUT2D eigenvalue weighted by atomic mass is 10.2. The van der Waals surface area contributed by atoms with Crippen molar-refractivity contribution < 1.29 is 0 Å². The molecule has 3 nitrogen and oxygen atoms in total. The van der Waals surface area contributed by atoms with Gasteiger partial charge >= 0.3 is 0 Å². The second-order valence-electron chi connectivity index (χ2n) is 3.88. The average molecular weight is 270 g/mol. The third-order valence-corrected chi connectivity index (χ3v) is 3.09. The summed E-state index contributed by atoms with van der Waals surface area (Å²) in [5, 5.41) is 2.29. The van der Waals surface area contributed by atoms with Gasteiger partial charge in [-0.3, -0.25) is 0 Å². The van der Waals surface area contributed by atoms with Crippen LogP contribution in [0.3, 0.4) is 0 Å². The molecule has 1 aliphatic heterocycles. The Labute approximate surface area is 99.0 Å². The topological polar surface area (TPSA) is 28.2 Å². The summed E-state index contributed by atoms with van der Waals surface area (Å²) < 4.78 is 0.879. The van der Waals surface area contributed by atoms with Crippen LogP contribution in [0, 0.1) is 0 Å². The minimum absolute atomic E-state index is 0.879. The van der Waals surface area contributed by atoms with Gasteiger partial charge in [0.05, 0.1) is 11.9 Å². The molecule has 1 fully saturated rings. The van der Waals surface area contributed by atoms with Crippen molar-refractivity contribution in [3.8, 4) is 0 Å². The largest absolute Gasteiger partial charge is 0.317 e. The minimum atomic E-state index is 0.879. The Hall–Kier alpha value is -0.610. The summed E-state index contributed by atoms with van der Waals surface area (Å²) in [6.45, 7) is 2.27. The number of rotatable bonds is 2. The molecule has 15 heavy (non-hydrogen) atoms. The summed E-state index contributed by atoms with van der Waals surface area (Å²) in [6.07, 6.45) is 7.15. The van der Waals surface area contributed by atoms with Crippen LogP contribution in [-0.2, 0) is 0 Å². The fourth-order valence-corrected chi connectivity index (χ4v) is 2.04. The van der Waals surface area contributed by atoms with E-state index in [1.54, 1.807) is 0 Å². The second-order valence-corrected chi connectivity index (χ2v) is 4.70. The number of anilines is 1. The first kappa shape index (κ1) is 10.9. The third-order valence-electron chi connectivity index (χ3n) is 2.62. The Morgan fingerprint density at radius 2 is 1.87 bits per heavy atom. The van der Waals surface area contributed by atoms with E-state index in [9.17, 15) is 0 Å². The SMILES string of the molecule is Brc1ccc(NN2CCCCCC2)cn1. The van der Waals surface area contributed by atoms with Crippen LogP contribution in [-0.4, -0.2) is 23.1 Å². The van der Waals surface area contributed by atoms with Crippen LogP contribution < -0.4 is 5.43 Å². The molecule has 0 aromatic carbocycles. The zero-order valence-electron chi connectivity index (χ0n) is 8.75. The van der Waals surface area contributed by atoms with Crippen LogP contribution in [0.4, 0.5) is 5.69 Å². The van der Waals surface area contributed by atoms with Crippen LogP contribution in [0.1, 0.15) is 25.7 Å². The van der Waals surface area contributed by atoms with Crippen molar-refractivity contribution in [2.45, 2.75) is 25.7 Å². The molecule has 82 valence electrons. The molecule has 1 saturated heterocycles. The van der Waals surface area contributed by atoms with E-state index in [2.05, 4.69) is 31.3 Å². The highest BCUT2D eigenvalue weighted by Crippen LogP contribution is 2.14. The highest BCUT2D eigenvalue weighted by molar-refractivity contribution is 9.10. The molecule has 0 aliphatic carbocycles. The molecular weight excluding hydrogens is 254 g/mol. The van der Waals surface area contributed by atoms with Gasteiger partial charge in [-0.1, -0.05) is 12.8 Å². The molecule has 0 unspecified atom stereocenters. The van der Waals surface area contributed by atoms with Crippen LogP contribution in [0.25, 0.3) is 0 Å². The maximum atomic E-state index is 4.20. The van der Waals surface area contributed by atoms with Crippen LogP contribution >= 0.6 is 15.9 Å². The van der Waals surface area contributed by atoms with E-state index in [-0.39, 0.29) is 0 Å². The van der Waals surface area contributed by atoms with Gasteiger partial charge in [0.2, 0.25) is 0 Å².